The SMILES string of the molecule is CCOC(=O)[C@H](Sc1nnc(NCc2ccccc2)s1)c1ccccc1. The lowest BCUT2D eigenvalue weighted by Gasteiger charge is -2.13. The van der Waals surface area contributed by atoms with Gasteiger partial charge in [0.15, 0.2) is 4.34 Å². The fraction of sp³-hybridized carbons (Fsp3) is 0.211. The molecular formula is C19H19N3O2S2. The number of esters is 1. The van der Waals surface area contributed by atoms with Gasteiger partial charge in [-0.05, 0) is 18.1 Å². The van der Waals surface area contributed by atoms with Crippen molar-refractivity contribution in [2.45, 2.75) is 23.1 Å². The summed E-state index contributed by atoms with van der Waals surface area (Å²) in [5.74, 6) is -0.266. The first-order valence-electron chi connectivity index (χ1n) is 8.26. The van der Waals surface area contributed by atoms with Crippen molar-refractivity contribution in [1.82, 2.24) is 10.2 Å². The summed E-state index contributed by atoms with van der Waals surface area (Å²) in [6.07, 6.45) is 0. The number of aromatic nitrogens is 2. The molecular weight excluding hydrogens is 366 g/mol. The Kier molecular flexibility index (Phi) is 6.62. The molecule has 0 radical (unpaired) electrons. The lowest BCUT2D eigenvalue weighted by Crippen LogP contribution is -2.13. The van der Waals surface area contributed by atoms with Crippen LogP contribution in [0, 0.1) is 0 Å². The van der Waals surface area contributed by atoms with E-state index in [1.54, 1.807) is 6.92 Å². The molecule has 7 heteroatoms. The van der Waals surface area contributed by atoms with E-state index < -0.39 is 5.25 Å². The van der Waals surface area contributed by atoms with E-state index in [9.17, 15) is 4.79 Å². The number of benzene rings is 2. The number of ether oxygens (including phenoxy) is 1. The molecule has 5 nitrogen and oxygen atoms in total. The number of nitrogens with zero attached hydrogens (tertiary/aromatic N) is 2. The summed E-state index contributed by atoms with van der Waals surface area (Å²) in [6.45, 7) is 2.84. The summed E-state index contributed by atoms with van der Waals surface area (Å²) in [5, 5.41) is 11.9. The third kappa shape index (κ3) is 5.06. The second kappa shape index (κ2) is 9.35. The Morgan fingerprint density at radius 3 is 2.50 bits per heavy atom. The van der Waals surface area contributed by atoms with E-state index >= 15 is 0 Å². The second-order valence-corrected chi connectivity index (χ2v) is 7.70. The van der Waals surface area contributed by atoms with Gasteiger partial charge in [-0.15, -0.1) is 10.2 Å². The number of thioether (sulfide) groups is 1. The summed E-state index contributed by atoms with van der Waals surface area (Å²) in [7, 11) is 0. The highest BCUT2D eigenvalue weighted by atomic mass is 32.2. The van der Waals surface area contributed by atoms with Crippen molar-refractivity contribution in [3.63, 3.8) is 0 Å². The minimum atomic E-state index is -0.453. The number of rotatable bonds is 8. The standard InChI is InChI=1S/C19H19N3O2S2/c1-2-24-17(23)16(15-11-7-4-8-12-15)25-19-22-21-18(26-19)20-13-14-9-5-3-6-10-14/h3-12,16H,2,13H2,1H3,(H,20,21)/t16-/m1/s1. The molecule has 0 unspecified atom stereocenters. The molecule has 1 heterocycles. The maximum Gasteiger partial charge on any atom is 0.324 e. The first-order chi connectivity index (χ1) is 12.8. The Hall–Kier alpha value is -2.38. The highest BCUT2D eigenvalue weighted by molar-refractivity contribution is 8.01. The van der Waals surface area contributed by atoms with Crippen LogP contribution in [0.1, 0.15) is 23.3 Å². The van der Waals surface area contributed by atoms with Gasteiger partial charge < -0.3 is 10.1 Å². The van der Waals surface area contributed by atoms with Crippen LogP contribution < -0.4 is 5.32 Å². The fourth-order valence-corrected chi connectivity index (χ4v) is 4.24. The molecule has 0 saturated carbocycles. The molecule has 134 valence electrons. The van der Waals surface area contributed by atoms with E-state index in [-0.39, 0.29) is 5.97 Å². The van der Waals surface area contributed by atoms with Crippen molar-refractivity contribution in [2.75, 3.05) is 11.9 Å². The van der Waals surface area contributed by atoms with Crippen LogP contribution >= 0.6 is 23.1 Å². The molecule has 0 aliphatic heterocycles. The molecule has 0 aliphatic carbocycles. The van der Waals surface area contributed by atoms with Crippen LogP contribution in [0.5, 0.6) is 0 Å². The van der Waals surface area contributed by atoms with Gasteiger partial charge in [0, 0.05) is 6.54 Å². The largest absolute Gasteiger partial charge is 0.465 e. The predicted molar refractivity (Wildman–Crippen MR) is 105 cm³/mol. The van der Waals surface area contributed by atoms with E-state index in [0.717, 1.165) is 15.0 Å². The molecule has 2 aromatic carbocycles. The van der Waals surface area contributed by atoms with Crippen LogP contribution in [0.25, 0.3) is 0 Å². The van der Waals surface area contributed by atoms with Crippen LogP contribution in [0.3, 0.4) is 0 Å². The number of anilines is 1. The summed E-state index contributed by atoms with van der Waals surface area (Å²) in [6, 6.07) is 19.7. The lowest BCUT2D eigenvalue weighted by molar-refractivity contribution is -0.142. The van der Waals surface area contributed by atoms with E-state index in [1.807, 2.05) is 48.5 Å². The van der Waals surface area contributed by atoms with Gasteiger partial charge >= 0.3 is 5.97 Å². The Balaban J connectivity index is 1.67. The zero-order valence-corrected chi connectivity index (χ0v) is 15.9. The number of carbonyl (C=O) groups is 1. The van der Waals surface area contributed by atoms with Gasteiger partial charge in [0.05, 0.1) is 6.61 Å². The molecule has 0 bridgehead atoms. The van der Waals surface area contributed by atoms with Crippen molar-refractivity contribution >= 4 is 34.2 Å². The smallest absolute Gasteiger partial charge is 0.324 e. The van der Waals surface area contributed by atoms with Gasteiger partial charge in [-0.1, -0.05) is 83.8 Å². The Morgan fingerprint density at radius 1 is 1.12 bits per heavy atom. The van der Waals surface area contributed by atoms with Gasteiger partial charge in [-0.2, -0.15) is 0 Å². The fourth-order valence-electron chi connectivity index (χ4n) is 2.30. The zero-order chi connectivity index (χ0) is 18.2. The van der Waals surface area contributed by atoms with Crippen LogP contribution in [0.4, 0.5) is 5.13 Å². The minimum absolute atomic E-state index is 0.266. The maximum absolute atomic E-state index is 12.4. The molecule has 0 aliphatic rings. The molecule has 0 spiro atoms. The van der Waals surface area contributed by atoms with E-state index in [1.165, 1.54) is 28.7 Å². The van der Waals surface area contributed by atoms with Crippen molar-refractivity contribution in [2.24, 2.45) is 0 Å². The molecule has 0 fully saturated rings. The number of nitrogens with one attached hydrogen (secondary N) is 1. The normalized spacial score (nSPS) is 11.7. The lowest BCUT2D eigenvalue weighted by atomic mass is 10.1. The summed E-state index contributed by atoms with van der Waals surface area (Å²) in [4.78, 5) is 12.4. The maximum atomic E-state index is 12.4. The highest BCUT2D eigenvalue weighted by Gasteiger charge is 2.25. The quantitative estimate of drug-likeness (QED) is 0.453. The third-order valence-corrected chi connectivity index (χ3v) is 5.71. The molecule has 1 atom stereocenters. The van der Waals surface area contributed by atoms with E-state index in [0.29, 0.717) is 13.2 Å². The first kappa shape index (κ1) is 18.4. The Labute approximate surface area is 160 Å². The van der Waals surface area contributed by atoms with Crippen molar-refractivity contribution in [3.8, 4) is 0 Å². The van der Waals surface area contributed by atoms with Crippen LogP contribution in [0.15, 0.2) is 65.0 Å². The summed E-state index contributed by atoms with van der Waals surface area (Å²) in [5.41, 5.74) is 2.07. The molecule has 3 aromatic rings. The van der Waals surface area contributed by atoms with Crippen molar-refractivity contribution in [3.05, 3.63) is 71.8 Å². The number of hydrogen-bond donors (Lipinski definition) is 1. The Bertz CT molecular complexity index is 825. The van der Waals surface area contributed by atoms with Gasteiger partial charge in [-0.25, -0.2) is 0 Å². The molecule has 3 rings (SSSR count). The molecule has 1 aromatic heterocycles. The summed E-state index contributed by atoms with van der Waals surface area (Å²) >= 11 is 2.80. The molecule has 0 amide bonds. The van der Waals surface area contributed by atoms with Crippen molar-refractivity contribution < 1.29 is 9.53 Å². The van der Waals surface area contributed by atoms with Crippen LogP contribution in [-0.2, 0) is 16.1 Å². The van der Waals surface area contributed by atoms with Gasteiger partial charge in [-0.3, -0.25) is 4.79 Å². The predicted octanol–water partition coefficient (Wildman–Crippen LogP) is 4.55. The monoisotopic (exact) mass is 385 g/mol. The zero-order valence-electron chi connectivity index (χ0n) is 14.3. The second-order valence-electron chi connectivity index (χ2n) is 5.37. The summed E-state index contributed by atoms with van der Waals surface area (Å²) < 4.78 is 5.95. The molecule has 26 heavy (non-hydrogen) atoms. The highest BCUT2D eigenvalue weighted by Crippen LogP contribution is 2.38. The third-order valence-electron chi connectivity index (χ3n) is 3.51. The molecule has 0 saturated heterocycles. The van der Waals surface area contributed by atoms with Crippen molar-refractivity contribution in [1.29, 1.82) is 0 Å². The average molecular weight is 386 g/mol. The molecule has 1 N–H and O–H groups in total. The topological polar surface area (TPSA) is 64.1 Å². The number of hydrogen-bond acceptors (Lipinski definition) is 7. The van der Waals surface area contributed by atoms with Gasteiger partial charge in [0.2, 0.25) is 5.13 Å². The van der Waals surface area contributed by atoms with E-state index in [4.69, 9.17) is 4.74 Å². The van der Waals surface area contributed by atoms with Gasteiger partial charge in [0.25, 0.3) is 0 Å². The van der Waals surface area contributed by atoms with E-state index in [2.05, 4.69) is 27.6 Å². The van der Waals surface area contributed by atoms with Crippen LogP contribution in [-0.4, -0.2) is 22.8 Å². The average Bonchev–Trinajstić information content (AvgIpc) is 3.14. The first-order valence-corrected chi connectivity index (χ1v) is 9.95. The number of carbonyl (C=O) groups excluding carboxylic acids is 1. The van der Waals surface area contributed by atoms with Gasteiger partial charge in [0.1, 0.15) is 5.25 Å². The Morgan fingerprint density at radius 2 is 1.81 bits per heavy atom. The van der Waals surface area contributed by atoms with Crippen LogP contribution in [0.2, 0.25) is 0 Å². The minimum Gasteiger partial charge on any atom is -0.465 e.